The number of carbonyl (C=O) groups excluding carboxylic acids is 1. The summed E-state index contributed by atoms with van der Waals surface area (Å²) in [4.78, 5) is 23.3. The Hall–Kier alpha value is -2.44. The molecule has 0 saturated heterocycles. The first-order chi connectivity index (χ1) is 13.2. The molecule has 1 aliphatic carbocycles. The number of fused-ring (bicyclic) bond motifs is 2. The van der Waals surface area contributed by atoms with Crippen LogP contribution < -0.4 is 5.32 Å². The van der Waals surface area contributed by atoms with E-state index in [1.807, 2.05) is 42.6 Å². The second kappa shape index (κ2) is 6.62. The monoisotopic (exact) mass is 393 g/mol. The van der Waals surface area contributed by atoms with Crippen LogP contribution in [-0.2, 0) is 12.8 Å². The van der Waals surface area contributed by atoms with Gasteiger partial charge in [0.2, 0.25) is 0 Å². The van der Waals surface area contributed by atoms with Gasteiger partial charge in [0.05, 0.1) is 21.5 Å². The number of nitrogens with one attached hydrogen (secondary N) is 2. The van der Waals surface area contributed by atoms with Gasteiger partial charge < -0.3 is 10.3 Å². The average molecular weight is 394 g/mol. The van der Waals surface area contributed by atoms with Crippen molar-refractivity contribution < 1.29 is 4.79 Å². The van der Waals surface area contributed by atoms with Crippen molar-refractivity contribution in [1.29, 1.82) is 0 Å². The number of anilines is 1. The second-order valence-corrected chi connectivity index (χ2v) is 8.93. The summed E-state index contributed by atoms with van der Waals surface area (Å²) in [6, 6.07) is 10.0. The zero-order valence-electron chi connectivity index (χ0n) is 15.0. The van der Waals surface area contributed by atoms with E-state index in [0.29, 0.717) is 0 Å². The largest absolute Gasteiger partial charge is 0.338 e. The summed E-state index contributed by atoms with van der Waals surface area (Å²) >= 11 is 3.20. The van der Waals surface area contributed by atoms with E-state index in [0.717, 1.165) is 50.7 Å². The highest BCUT2D eigenvalue weighted by Gasteiger charge is 2.25. The average Bonchev–Trinajstić information content (AvgIpc) is 3.36. The van der Waals surface area contributed by atoms with Gasteiger partial charge in [-0.05, 0) is 67.3 Å². The van der Waals surface area contributed by atoms with Crippen LogP contribution in [0.5, 0.6) is 0 Å². The number of H-pyrrole nitrogens is 1. The summed E-state index contributed by atoms with van der Waals surface area (Å²) < 4.78 is 0. The van der Waals surface area contributed by atoms with Crippen LogP contribution >= 0.6 is 22.7 Å². The number of amides is 1. The predicted molar refractivity (Wildman–Crippen MR) is 113 cm³/mol. The van der Waals surface area contributed by atoms with Crippen LogP contribution in [0.25, 0.3) is 22.4 Å². The molecular weight excluding hydrogens is 374 g/mol. The molecular formula is C21H19N3OS2. The molecule has 1 aromatic carbocycles. The van der Waals surface area contributed by atoms with Gasteiger partial charge in [-0.1, -0.05) is 12.1 Å². The lowest BCUT2D eigenvalue weighted by Crippen LogP contribution is -2.11. The molecule has 3 aromatic heterocycles. The molecule has 0 unspecified atom stereocenters. The molecule has 0 fully saturated rings. The minimum atomic E-state index is -0.0292. The van der Waals surface area contributed by atoms with E-state index >= 15 is 0 Å². The molecule has 4 nitrogen and oxygen atoms in total. The Kier molecular flexibility index (Phi) is 4.10. The third-order valence-electron chi connectivity index (χ3n) is 5.09. The van der Waals surface area contributed by atoms with Gasteiger partial charge in [0.25, 0.3) is 5.91 Å². The highest BCUT2D eigenvalue weighted by Crippen LogP contribution is 2.44. The maximum Gasteiger partial charge on any atom is 0.266 e. The van der Waals surface area contributed by atoms with Crippen molar-refractivity contribution in [2.75, 3.05) is 5.32 Å². The number of aromatic nitrogens is 2. The maximum atomic E-state index is 12.8. The summed E-state index contributed by atoms with van der Waals surface area (Å²) in [7, 11) is 0. The summed E-state index contributed by atoms with van der Waals surface area (Å²) in [6.45, 7) is 1.98. The van der Waals surface area contributed by atoms with Crippen LogP contribution in [0.3, 0.4) is 0 Å². The number of aromatic amines is 1. The molecule has 0 bridgehead atoms. The number of rotatable bonds is 3. The number of benzene rings is 1. The quantitative estimate of drug-likeness (QED) is 0.463. The van der Waals surface area contributed by atoms with Gasteiger partial charge in [-0.25, -0.2) is 4.98 Å². The molecule has 1 amide bonds. The molecule has 1 aliphatic rings. The van der Waals surface area contributed by atoms with Gasteiger partial charge in [0, 0.05) is 4.88 Å². The number of hydrogen-bond donors (Lipinski definition) is 2. The highest BCUT2D eigenvalue weighted by molar-refractivity contribution is 7.17. The third kappa shape index (κ3) is 2.89. The van der Waals surface area contributed by atoms with Crippen molar-refractivity contribution >= 4 is 44.6 Å². The molecule has 136 valence electrons. The van der Waals surface area contributed by atoms with Gasteiger partial charge in [0.1, 0.15) is 10.8 Å². The Balaban J connectivity index is 1.62. The number of imidazole rings is 1. The van der Waals surface area contributed by atoms with Crippen LogP contribution in [0, 0.1) is 6.92 Å². The number of para-hydroxylation sites is 2. The zero-order chi connectivity index (χ0) is 18.4. The summed E-state index contributed by atoms with van der Waals surface area (Å²) in [5.41, 5.74) is 5.42. The number of hydrogen-bond acceptors (Lipinski definition) is 4. The van der Waals surface area contributed by atoms with E-state index in [1.165, 1.54) is 34.6 Å². The summed E-state index contributed by atoms with van der Waals surface area (Å²) in [5.74, 6) is 0.826. The zero-order valence-corrected chi connectivity index (χ0v) is 16.6. The van der Waals surface area contributed by atoms with E-state index in [9.17, 15) is 4.79 Å². The molecule has 6 heteroatoms. The smallest absolute Gasteiger partial charge is 0.266 e. The molecule has 0 atom stereocenters. The van der Waals surface area contributed by atoms with Crippen LogP contribution in [0.2, 0.25) is 0 Å². The highest BCUT2D eigenvalue weighted by atomic mass is 32.1. The molecule has 0 aliphatic heterocycles. The van der Waals surface area contributed by atoms with Gasteiger partial charge in [0.15, 0.2) is 0 Å². The number of carbonyl (C=O) groups is 1. The van der Waals surface area contributed by atoms with Crippen molar-refractivity contribution in [1.82, 2.24) is 9.97 Å². The van der Waals surface area contributed by atoms with Crippen LogP contribution in [-0.4, -0.2) is 15.9 Å². The standard InChI is InChI=1S/C21H19N3OS2/c1-12-10-11-26-18(12)20(25)24-21-17(13-6-2-5-9-16(13)27-21)19-22-14-7-3-4-8-15(14)23-19/h3-4,7-8,10-11H,2,5-6,9H2,1H3,(H,22,23)(H,24,25). The van der Waals surface area contributed by atoms with Crippen LogP contribution in [0.4, 0.5) is 5.00 Å². The topological polar surface area (TPSA) is 57.8 Å². The van der Waals surface area contributed by atoms with Gasteiger partial charge in [-0.3, -0.25) is 4.79 Å². The Morgan fingerprint density at radius 2 is 2.04 bits per heavy atom. The first kappa shape index (κ1) is 16.7. The lowest BCUT2D eigenvalue weighted by Gasteiger charge is -2.12. The molecule has 0 saturated carbocycles. The fourth-order valence-electron chi connectivity index (χ4n) is 3.74. The fourth-order valence-corrected chi connectivity index (χ4v) is 5.85. The van der Waals surface area contributed by atoms with E-state index < -0.39 is 0 Å². The van der Waals surface area contributed by atoms with Crippen molar-refractivity contribution in [2.45, 2.75) is 32.6 Å². The third-order valence-corrected chi connectivity index (χ3v) is 7.32. The minimum Gasteiger partial charge on any atom is -0.338 e. The number of nitrogens with zero attached hydrogens (tertiary/aromatic N) is 1. The minimum absolute atomic E-state index is 0.0292. The lowest BCUT2D eigenvalue weighted by molar-refractivity contribution is 0.103. The van der Waals surface area contributed by atoms with Crippen LogP contribution in [0.15, 0.2) is 35.7 Å². The van der Waals surface area contributed by atoms with E-state index in [2.05, 4.69) is 10.3 Å². The number of thiophene rings is 2. The van der Waals surface area contributed by atoms with Crippen LogP contribution in [0.1, 0.15) is 38.5 Å². The lowest BCUT2D eigenvalue weighted by atomic mass is 9.95. The second-order valence-electron chi connectivity index (χ2n) is 6.90. The van der Waals surface area contributed by atoms with Crippen molar-refractivity contribution in [3.05, 3.63) is 56.6 Å². The Bertz CT molecular complexity index is 1120. The maximum absolute atomic E-state index is 12.8. The SMILES string of the molecule is Cc1ccsc1C(=O)Nc1sc2c(c1-c1nc3ccccc3[nH]1)CCCC2. The molecule has 0 spiro atoms. The van der Waals surface area contributed by atoms with Crippen molar-refractivity contribution in [2.24, 2.45) is 0 Å². The molecule has 3 heterocycles. The van der Waals surface area contributed by atoms with Crippen molar-refractivity contribution in [3.8, 4) is 11.4 Å². The van der Waals surface area contributed by atoms with Crippen molar-refractivity contribution in [3.63, 3.8) is 0 Å². The predicted octanol–water partition coefficient (Wildman–Crippen LogP) is 5.79. The Labute approximate surface area is 165 Å². The van der Waals surface area contributed by atoms with E-state index in [1.54, 1.807) is 11.3 Å². The Morgan fingerprint density at radius 1 is 1.19 bits per heavy atom. The normalized spacial score (nSPS) is 13.7. The molecule has 27 heavy (non-hydrogen) atoms. The molecule has 4 aromatic rings. The Morgan fingerprint density at radius 3 is 2.85 bits per heavy atom. The first-order valence-corrected chi connectivity index (χ1v) is 10.9. The number of aryl methyl sites for hydroxylation is 2. The fraction of sp³-hybridized carbons (Fsp3) is 0.238. The van der Waals surface area contributed by atoms with E-state index in [4.69, 9.17) is 4.98 Å². The molecule has 2 N–H and O–H groups in total. The van der Waals surface area contributed by atoms with Gasteiger partial charge in [-0.15, -0.1) is 22.7 Å². The summed E-state index contributed by atoms with van der Waals surface area (Å²) in [6.07, 6.45) is 4.53. The van der Waals surface area contributed by atoms with E-state index in [-0.39, 0.29) is 5.91 Å². The first-order valence-electron chi connectivity index (χ1n) is 9.16. The summed E-state index contributed by atoms with van der Waals surface area (Å²) in [5, 5.41) is 6.06. The molecule has 5 rings (SSSR count). The van der Waals surface area contributed by atoms with Gasteiger partial charge >= 0.3 is 0 Å². The van der Waals surface area contributed by atoms with Gasteiger partial charge in [-0.2, -0.15) is 0 Å². The molecule has 0 radical (unpaired) electrons.